The smallest absolute Gasteiger partial charge is 0.273 e. The minimum absolute atomic E-state index is 0. The Hall–Kier alpha value is -3.09. The summed E-state index contributed by atoms with van der Waals surface area (Å²) in [5.74, 6) is 0.459. The average Bonchev–Trinajstić information content (AvgIpc) is 3.77. The van der Waals surface area contributed by atoms with E-state index < -0.39 is 10.0 Å². The van der Waals surface area contributed by atoms with Gasteiger partial charge in [-0.3, -0.25) is 14.2 Å². The van der Waals surface area contributed by atoms with Crippen LogP contribution in [-0.4, -0.2) is 61.1 Å². The maximum absolute atomic E-state index is 13.7. The lowest BCUT2D eigenvalue weighted by atomic mass is 9.94. The number of anilines is 1. The summed E-state index contributed by atoms with van der Waals surface area (Å²) < 4.78 is 34.6. The molecule has 8 nitrogen and oxygen atoms in total. The van der Waals surface area contributed by atoms with Crippen molar-refractivity contribution in [2.75, 3.05) is 37.2 Å². The Morgan fingerprint density at radius 2 is 2.05 bits per heavy atom. The Bertz CT molecular complexity index is 1680. The number of likely N-dealkylation sites (tertiary alicyclic amines) is 1. The maximum Gasteiger partial charge on any atom is 0.273 e. The maximum atomic E-state index is 13.7. The van der Waals surface area contributed by atoms with Gasteiger partial charge in [-0.05, 0) is 62.0 Å². The largest absolute Gasteiger partial charge is 0.380 e. The van der Waals surface area contributed by atoms with Crippen LogP contribution in [0.1, 0.15) is 43.7 Å². The Morgan fingerprint density at radius 3 is 2.83 bits per heavy atom. The second kappa shape index (κ2) is 13.5. The van der Waals surface area contributed by atoms with Crippen molar-refractivity contribution in [1.82, 2.24) is 19.9 Å². The van der Waals surface area contributed by atoms with Crippen molar-refractivity contribution in [3.05, 3.63) is 82.9 Å². The Labute approximate surface area is 256 Å². The highest BCUT2D eigenvalue weighted by Crippen LogP contribution is 2.36. The predicted octanol–water partition coefficient (Wildman–Crippen LogP) is 7.00. The second-order valence-corrected chi connectivity index (χ2v) is 14.2. The topological polar surface area (TPSA) is 91.4 Å². The fourth-order valence-electron chi connectivity index (χ4n) is 5.43. The first-order chi connectivity index (χ1) is 20.0. The zero-order valence-corrected chi connectivity index (χ0v) is 25.4. The highest BCUT2D eigenvalue weighted by Gasteiger charge is 2.28. The Balaban J connectivity index is 0.00000353. The number of piperidine rings is 1. The summed E-state index contributed by atoms with van der Waals surface area (Å²) in [4.78, 5) is 16.5. The first-order valence-corrected chi connectivity index (χ1v) is 17.0. The van der Waals surface area contributed by atoms with Crippen LogP contribution in [0, 0.1) is 0 Å². The summed E-state index contributed by atoms with van der Waals surface area (Å²) in [6, 6.07) is 17.4. The Morgan fingerprint density at radius 1 is 1.14 bits per heavy atom. The molecule has 1 unspecified atom stereocenters. The standard InChI is InChI=1S/C30H33N5O3S3.CH4/c1-2-38-16-15-35(41(36,37)28-12-7-17-39-28)27-11-5-8-22-18-26(33-29(22)27)30-32-19-24(40-30)21-34-14-6-9-23(20-34)25-10-3-4-13-31-25;/h3-5,7-8,10-13,17-19,23,33H,2,6,9,14-16,20-21H2,1H3;1H4. The lowest BCUT2D eigenvalue weighted by Crippen LogP contribution is -2.34. The summed E-state index contributed by atoms with van der Waals surface area (Å²) in [5.41, 5.74) is 3.43. The molecule has 1 aromatic carbocycles. The van der Waals surface area contributed by atoms with E-state index in [0.29, 0.717) is 29.0 Å². The van der Waals surface area contributed by atoms with Crippen molar-refractivity contribution in [3.63, 3.8) is 0 Å². The summed E-state index contributed by atoms with van der Waals surface area (Å²) in [6.07, 6.45) is 6.17. The molecular weight excluding hydrogens is 587 g/mol. The molecule has 1 fully saturated rings. The van der Waals surface area contributed by atoms with Crippen LogP contribution < -0.4 is 4.31 Å². The highest BCUT2D eigenvalue weighted by molar-refractivity contribution is 7.94. The number of hydrogen-bond acceptors (Lipinski definition) is 8. The number of nitrogens with zero attached hydrogens (tertiary/aromatic N) is 4. The molecule has 1 saturated heterocycles. The molecule has 0 bridgehead atoms. The van der Waals surface area contributed by atoms with Crippen molar-refractivity contribution in [3.8, 4) is 10.7 Å². The number of aromatic amines is 1. The van der Waals surface area contributed by atoms with Gasteiger partial charge in [0.15, 0.2) is 0 Å². The number of aromatic nitrogens is 3. The van der Waals surface area contributed by atoms with Crippen LogP contribution >= 0.6 is 22.7 Å². The molecule has 0 spiro atoms. The van der Waals surface area contributed by atoms with Gasteiger partial charge in [-0.25, -0.2) is 13.4 Å². The molecule has 1 aliphatic heterocycles. The van der Waals surface area contributed by atoms with E-state index in [1.807, 2.05) is 43.6 Å². The van der Waals surface area contributed by atoms with Crippen molar-refractivity contribution < 1.29 is 13.2 Å². The van der Waals surface area contributed by atoms with Crippen molar-refractivity contribution in [2.45, 2.75) is 43.9 Å². The van der Waals surface area contributed by atoms with Crippen molar-refractivity contribution >= 4 is 49.3 Å². The average molecular weight is 624 g/mol. The molecule has 42 heavy (non-hydrogen) atoms. The number of hydrogen-bond donors (Lipinski definition) is 1. The van der Waals surface area contributed by atoms with Gasteiger partial charge in [0.25, 0.3) is 10.0 Å². The van der Waals surface area contributed by atoms with E-state index in [1.54, 1.807) is 28.8 Å². The van der Waals surface area contributed by atoms with Crippen LogP contribution in [0.15, 0.2) is 76.6 Å². The number of sulfonamides is 1. The number of para-hydroxylation sites is 1. The predicted molar refractivity (Wildman–Crippen MR) is 173 cm³/mol. The van der Waals surface area contributed by atoms with Crippen molar-refractivity contribution in [1.29, 1.82) is 0 Å². The highest BCUT2D eigenvalue weighted by atomic mass is 32.2. The summed E-state index contributed by atoms with van der Waals surface area (Å²) in [5, 5.41) is 3.61. The number of H-pyrrole nitrogens is 1. The SMILES string of the molecule is C.CCOCCN(c1cccc2cc(-c3ncc(CN4CCCC(c5ccccn5)C4)s3)[nH]c12)S(=O)(=O)c1cccs1. The monoisotopic (exact) mass is 623 g/mol. The van der Waals surface area contributed by atoms with E-state index >= 15 is 0 Å². The van der Waals surface area contributed by atoms with Crippen LogP contribution in [0.4, 0.5) is 5.69 Å². The van der Waals surface area contributed by atoms with Gasteiger partial charge in [0.2, 0.25) is 0 Å². The first kappa shape index (κ1) is 30.4. The van der Waals surface area contributed by atoms with E-state index in [2.05, 4.69) is 33.1 Å². The van der Waals surface area contributed by atoms with E-state index in [0.717, 1.165) is 47.7 Å². The molecule has 5 heterocycles. The molecule has 1 N–H and O–H groups in total. The van der Waals surface area contributed by atoms with Gasteiger partial charge >= 0.3 is 0 Å². The fraction of sp³-hybridized carbons (Fsp3) is 0.355. The molecule has 0 amide bonds. The van der Waals surface area contributed by atoms with Gasteiger partial charge in [0.1, 0.15) is 9.22 Å². The van der Waals surface area contributed by atoms with Gasteiger partial charge in [-0.2, -0.15) is 0 Å². The van der Waals surface area contributed by atoms with Crippen LogP contribution in [0.2, 0.25) is 0 Å². The van der Waals surface area contributed by atoms with E-state index in [4.69, 9.17) is 9.72 Å². The van der Waals surface area contributed by atoms with Crippen LogP contribution in [0.5, 0.6) is 0 Å². The number of thiophene rings is 1. The summed E-state index contributed by atoms with van der Waals surface area (Å²) in [7, 11) is -3.75. The van der Waals surface area contributed by atoms with Crippen LogP contribution in [0.3, 0.4) is 0 Å². The molecule has 1 aliphatic rings. The summed E-state index contributed by atoms with van der Waals surface area (Å²) >= 11 is 2.90. The lowest BCUT2D eigenvalue weighted by Gasteiger charge is -2.32. The van der Waals surface area contributed by atoms with Gasteiger partial charge in [0, 0.05) is 54.0 Å². The first-order valence-electron chi connectivity index (χ1n) is 13.9. The number of rotatable bonds is 11. The fourth-order valence-corrected chi connectivity index (χ4v) is 8.92. The molecule has 222 valence electrons. The third kappa shape index (κ3) is 6.45. The third-order valence-corrected chi connectivity index (χ3v) is 11.6. The van der Waals surface area contributed by atoms with Gasteiger partial charge < -0.3 is 9.72 Å². The minimum Gasteiger partial charge on any atom is -0.380 e. The number of pyridine rings is 1. The number of ether oxygens (including phenoxy) is 1. The summed E-state index contributed by atoms with van der Waals surface area (Å²) in [6.45, 7) is 5.88. The van der Waals surface area contributed by atoms with Gasteiger partial charge in [0.05, 0.1) is 30.0 Å². The number of nitrogens with one attached hydrogen (secondary N) is 1. The van der Waals surface area contributed by atoms with Crippen LogP contribution in [-0.2, 0) is 21.3 Å². The quantitative estimate of drug-likeness (QED) is 0.159. The van der Waals surface area contributed by atoms with Crippen molar-refractivity contribution in [2.24, 2.45) is 0 Å². The molecular formula is C31H37N5O3S3. The minimum atomic E-state index is -3.75. The lowest BCUT2D eigenvalue weighted by molar-refractivity contribution is 0.156. The zero-order valence-electron chi connectivity index (χ0n) is 22.9. The molecule has 1 atom stereocenters. The number of fused-ring (bicyclic) bond motifs is 1. The normalized spacial score (nSPS) is 16.0. The molecule has 0 radical (unpaired) electrons. The number of benzene rings is 1. The van der Waals surface area contributed by atoms with Gasteiger partial charge in [-0.1, -0.05) is 31.7 Å². The third-order valence-electron chi connectivity index (χ3n) is 7.36. The molecule has 0 aliphatic carbocycles. The second-order valence-electron chi connectivity index (χ2n) is 10.1. The van der Waals surface area contributed by atoms with E-state index in [9.17, 15) is 8.42 Å². The molecule has 6 rings (SSSR count). The van der Waals surface area contributed by atoms with E-state index in [-0.39, 0.29) is 14.0 Å². The van der Waals surface area contributed by atoms with E-state index in [1.165, 1.54) is 32.6 Å². The van der Waals surface area contributed by atoms with Crippen LogP contribution in [0.25, 0.3) is 21.6 Å². The zero-order chi connectivity index (χ0) is 28.2. The molecule has 5 aromatic rings. The number of thiazole rings is 1. The molecule has 11 heteroatoms. The Kier molecular flexibility index (Phi) is 9.74. The molecule has 0 saturated carbocycles. The van der Waals surface area contributed by atoms with Gasteiger partial charge in [-0.15, -0.1) is 22.7 Å². The molecule has 4 aromatic heterocycles.